The lowest BCUT2D eigenvalue weighted by Crippen LogP contribution is -2.34. The van der Waals surface area contributed by atoms with Crippen LogP contribution in [0.15, 0.2) is 11.6 Å². The van der Waals surface area contributed by atoms with Gasteiger partial charge in [0.2, 0.25) is 0 Å². The molecule has 1 fully saturated rings. The SMILES string of the molecule is Cc1nc2sccn2c1CNC1CCCC1CO. The molecule has 2 aromatic heterocycles. The highest BCUT2D eigenvalue weighted by atomic mass is 32.1. The summed E-state index contributed by atoms with van der Waals surface area (Å²) in [5.41, 5.74) is 2.35. The molecule has 0 bridgehead atoms. The Hall–Kier alpha value is -0.910. The average molecular weight is 265 g/mol. The Morgan fingerprint density at radius 1 is 1.56 bits per heavy atom. The molecule has 0 amide bonds. The van der Waals surface area contributed by atoms with Crippen molar-refractivity contribution < 1.29 is 5.11 Å². The maximum atomic E-state index is 9.33. The zero-order valence-corrected chi connectivity index (χ0v) is 11.4. The molecule has 1 aliphatic rings. The fraction of sp³-hybridized carbons (Fsp3) is 0.615. The molecule has 0 spiro atoms. The van der Waals surface area contributed by atoms with Crippen LogP contribution in [0.1, 0.15) is 30.7 Å². The zero-order chi connectivity index (χ0) is 12.5. The van der Waals surface area contributed by atoms with E-state index < -0.39 is 0 Å². The minimum Gasteiger partial charge on any atom is -0.396 e. The maximum Gasteiger partial charge on any atom is 0.194 e. The van der Waals surface area contributed by atoms with Crippen molar-refractivity contribution in [2.75, 3.05) is 6.61 Å². The van der Waals surface area contributed by atoms with Gasteiger partial charge in [-0.25, -0.2) is 4.98 Å². The van der Waals surface area contributed by atoms with Crippen LogP contribution in [0.2, 0.25) is 0 Å². The van der Waals surface area contributed by atoms with Gasteiger partial charge in [-0.05, 0) is 25.7 Å². The van der Waals surface area contributed by atoms with Crippen molar-refractivity contribution in [3.05, 3.63) is 23.0 Å². The Morgan fingerprint density at radius 3 is 3.28 bits per heavy atom. The largest absolute Gasteiger partial charge is 0.396 e. The van der Waals surface area contributed by atoms with Gasteiger partial charge in [-0.1, -0.05) is 6.42 Å². The summed E-state index contributed by atoms with van der Waals surface area (Å²) >= 11 is 1.67. The molecule has 0 aliphatic heterocycles. The predicted molar refractivity (Wildman–Crippen MR) is 72.9 cm³/mol. The summed E-state index contributed by atoms with van der Waals surface area (Å²) in [4.78, 5) is 5.61. The fourth-order valence-electron chi connectivity index (χ4n) is 2.91. The summed E-state index contributed by atoms with van der Waals surface area (Å²) in [5.74, 6) is 0.427. The summed E-state index contributed by atoms with van der Waals surface area (Å²) < 4.78 is 2.16. The second-order valence-corrected chi connectivity index (χ2v) is 5.93. The molecule has 0 saturated heterocycles. The lowest BCUT2D eigenvalue weighted by Gasteiger charge is -2.18. The van der Waals surface area contributed by atoms with Crippen LogP contribution in [-0.4, -0.2) is 27.1 Å². The monoisotopic (exact) mass is 265 g/mol. The number of thiazole rings is 1. The lowest BCUT2D eigenvalue weighted by atomic mass is 10.1. The number of hydrogen-bond acceptors (Lipinski definition) is 4. The van der Waals surface area contributed by atoms with Crippen molar-refractivity contribution in [3.63, 3.8) is 0 Å². The molecule has 4 nitrogen and oxygen atoms in total. The third-order valence-electron chi connectivity index (χ3n) is 3.99. The van der Waals surface area contributed by atoms with E-state index in [9.17, 15) is 5.11 Å². The average Bonchev–Trinajstić information content (AvgIpc) is 3.02. The minimum absolute atomic E-state index is 0.302. The van der Waals surface area contributed by atoms with Crippen LogP contribution in [0.3, 0.4) is 0 Å². The van der Waals surface area contributed by atoms with Gasteiger partial charge in [-0.3, -0.25) is 4.40 Å². The Morgan fingerprint density at radius 2 is 2.44 bits per heavy atom. The molecule has 0 radical (unpaired) electrons. The van der Waals surface area contributed by atoms with E-state index in [0.717, 1.165) is 23.6 Å². The highest BCUT2D eigenvalue weighted by Crippen LogP contribution is 2.25. The first-order chi connectivity index (χ1) is 8.79. The summed E-state index contributed by atoms with van der Waals surface area (Å²) in [7, 11) is 0. The van der Waals surface area contributed by atoms with Crippen LogP contribution in [-0.2, 0) is 6.54 Å². The molecule has 98 valence electrons. The molecule has 2 atom stereocenters. The van der Waals surface area contributed by atoms with E-state index in [2.05, 4.69) is 33.2 Å². The highest BCUT2D eigenvalue weighted by molar-refractivity contribution is 7.15. The van der Waals surface area contributed by atoms with E-state index in [4.69, 9.17) is 0 Å². The number of aliphatic hydroxyl groups excluding tert-OH is 1. The molecule has 2 aromatic rings. The lowest BCUT2D eigenvalue weighted by molar-refractivity contribution is 0.205. The Balaban J connectivity index is 1.72. The first kappa shape index (κ1) is 12.1. The normalized spacial score (nSPS) is 24.1. The Bertz CT molecular complexity index is 533. The van der Waals surface area contributed by atoms with Crippen LogP contribution in [0.5, 0.6) is 0 Å². The fourth-order valence-corrected chi connectivity index (χ4v) is 3.68. The van der Waals surface area contributed by atoms with Gasteiger partial charge in [0.15, 0.2) is 4.96 Å². The van der Waals surface area contributed by atoms with Crippen LogP contribution in [0.25, 0.3) is 4.96 Å². The Labute approximate surface area is 111 Å². The number of fused-ring (bicyclic) bond motifs is 1. The summed E-state index contributed by atoms with van der Waals surface area (Å²) in [6.07, 6.45) is 5.63. The molecule has 1 saturated carbocycles. The third kappa shape index (κ3) is 2.06. The van der Waals surface area contributed by atoms with E-state index in [1.54, 1.807) is 11.3 Å². The van der Waals surface area contributed by atoms with Gasteiger partial charge < -0.3 is 10.4 Å². The van der Waals surface area contributed by atoms with Crippen molar-refractivity contribution in [1.29, 1.82) is 0 Å². The number of aryl methyl sites for hydroxylation is 1. The van der Waals surface area contributed by atoms with Crippen molar-refractivity contribution in [1.82, 2.24) is 14.7 Å². The molecule has 2 heterocycles. The minimum atomic E-state index is 0.302. The van der Waals surface area contributed by atoms with Crippen molar-refractivity contribution in [2.45, 2.75) is 38.8 Å². The van der Waals surface area contributed by atoms with Gasteiger partial charge >= 0.3 is 0 Å². The van der Waals surface area contributed by atoms with Gasteiger partial charge in [0, 0.05) is 30.8 Å². The van der Waals surface area contributed by atoms with Crippen molar-refractivity contribution >= 4 is 16.3 Å². The second kappa shape index (κ2) is 4.99. The standard InChI is InChI=1S/C13H19N3OS/c1-9-12(16-5-6-18-13(16)15-9)7-14-11-4-2-3-10(11)8-17/h5-6,10-11,14,17H,2-4,7-8H2,1H3. The van der Waals surface area contributed by atoms with Gasteiger partial charge in [-0.15, -0.1) is 11.3 Å². The summed E-state index contributed by atoms with van der Waals surface area (Å²) in [6, 6.07) is 0.457. The molecule has 5 heteroatoms. The maximum absolute atomic E-state index is 9.33. The first-order valence-corrected chi connectivity index (χ1v) is 7.43. The van der Waals surface area contributed by atoms with E-state index >= 15 is 0 Å². The van der Waals surface area contributed by atoms with Gasteiger partial charge in [-0.2, -0.15) is 0 Å². The molecule has 3 rings (SSSR count). The van der Waals surface area contributed by atoms with E-state index in [1.165, 1.54) is 18.5 Å². The summed E-state index contributed by atoms with van der Waals surface area (Å²) in [5, 5.41) is 15.0. The topological polar surface area (TPSA) is 49.6 Å². The number of hydrogen-bond donors (Lipinski definition) is 2. The molecule has 2 N–H and O–H groups in total. The number of imidazole rings is 1. The van der Waals surface area contributed by atoms with E-state index in [-0.39, 0.29) is 0 Å². The Kier molecular flexibility index (Phi) is 3.37. The summed E-state index contributed by atoms with van der Waals surface area (Å²) in [6.45, 7) is 3.21. The molecular weight excluding hydrogens is 246 g/mol. The molecule has 0 aromatic carbocycles. The van der Waals surface area contributed by atoms with Crippen LogP contribution in [0.4, 0.5) is 0 Å². The van der Waals surface area contributed by atoms with Crippen molar-refractivity contribution in [2.24, 2.45) is 5.92 Å². The smallest absolute Gasteiger partial charge is 0.194 e. The van der Waals surface area contributed by atoms with Gasteiger partial charge in [0.05, 0.1) is 11.4 Å². The molecule has 18 heavy (non-hydrogen) atoms. The van der Waals surface area contributed by atoms with Gasteiger partial charge in [0.1, 0.15) is 0 Å². The van der Waals surface area contributed by atoms with Crippen LogP contribution >= 0.6 is 11.3 Å². The predicted octanol–water partition coefficient (Wildman–Crippen LogP) is 1.95. The number of rotatable bonds is 4. The van der Waals surface area contributed by atoms with E-state index in [1.807, 2.05) is 0 Å². The number of nitrogens with zero attached hydrogens (tertiary/aromatic N) is 2. The molecule has 2 unspecified atom stereocenters. The third-order valence-corrected chi connectivity index (χ3v) is 4.74. The molecular formula is C13H19N3OS. The van der Waals surface area contributed by atoms with Crippen LogP contribution < -0.4 is 5.32 Å². The second-order valence-electron chi connectivity index (χ2n) is 5.06. The van der Waals surface area contributed by atoms with Crippen LogP contribution in [0, 0.1) is 12.8 Å². The molecule has 1 aliphatic carbocycles. The number of aliphatic hydroxyl groups is 1. The van der Waals surface area contributed by atoms with E-state index in [0.29, 0.717) is 18.6 Å². The zero-order valence-electron chi connectivity index (χ0n) is 10.6. The first-order valence-electron chi connectivity index (χ1n) is 6.55. The van der Waals surface area contributed by atoms with Gasteiger partial charge in [0.25, 0.3) is 0 Å². The number of nitrogens with one attached hydrogen (secondary N) is 1. The van der Waals surface area contributed by atoms with Crippen molar-refractivity contribution in [3.8, 4) is 0 Å². The number of aromatic nitrogens is 2. The highest BCUT2D eigenvalue weighted by Gasteiger charge is 2.26. The quantitative estimate of drug-likeness (QED) is 0.888.